The monoisotopic (exact) mass is 389 g/mol. The largest absolute Gasteiger partial charge is 0.416 e. The highest BCUT2D eigenvalue weighted by Crippen LogP contribution is 2.32. The van der Waals surface area contributed by atoms with Gasteiger partial charge in [0.15, 0.2) is 0 Å². The van der Waals surface area contributed by atoms with Gasteiger partial charge < -0.3 is 10.5 Å². The third-order valence-corrected chi connectivity index (χ3v) is 3.97. The van der Waals surface area contributed by atoms with Crippen LogP contribution in [0.2, 0.25) is 5.02 Å². The molecule has 8 heteroatoms. The summed E-state index contributed by atoms with van der Waals surface area (Å²) >= 11 is 6.01. The molecule has 2 N–H and O–H groups in total. The highest BCUT2D eigenvalue weighted by molar-refractivity contribution is 6.30. The summed E-state index contributed by atoms with van der Waals surface area (Å²) in [7, 11) is 0. The van der Waals surface area contributed by atoms with Crippen LogP contribution in [-0.4, -0.2) is 22.5 Å². The van der Waals surface area contributed by atoms with Crippen LogP contribution >= 0.6 is 11.6 Å². The number of nitrogens with two attached hydrogens (primary N) is 1. The molecule has 0 aliphatic heterocycles. The van der Waals surface area contributed by atoms with Crippen molar-refractivity contribution in [2.75, 3.05) is 0 Å². The number of primary amides is 1. The van der Waals surface area contributed by atoms with Crippen molar-refractivity contribution >= 4 is 17.5 Å². The average Bonchev–Trinajstić information content (AvgIpc) is 2.63. The predicted molar refractivity (Wildman–Crippen MR) is 96.9 cm³/mol. The number of ether oxygens (including phenoxy) is 1. The lowest BCUT2D eigenvalue weighted by molar-refractivity contribution is -0.0524. The first-order valence-corrected chi connectivity index (χ1v) is 8.23. The Balaban J connectivity index is 1.99. The number of pyridine rings is 2. The molecule has 3 rings (SSSR count). The molecule has 2 heterocycles. The third kappa shape index (κ3) is 4.77. The molecule has 0 aliphatic carbocycles. The summed E-state index contributed by atoms with van der Waals surface area (Å²) in [5.41, 5.74) is 7.98. The van der Waals surface area contributed by atoms with E-state index in [1.165, 1.54) is 12.4 Å². The summed E-state index contributed by atoms with van der Waals surface area (Å²) in [6.07, 6.45) is 4.78. The number of hydrogen-bond acceptors (Lipinski definition) is 4. The lowest BCUT2D eigenvalue weighted by Crippen LogP contribution is -2.11. The molecule has 0 aliphatic rings. The number of carbonyl (C=O) groups is 1. The van der Waals surface area contributed by atoms with Crippen molar-refractivity contribution in [3.63, 3.8) is 0 Å². The molecule has 2 aromatic heterocycles. The van der Waals surface area contributed by atoms with Gasteiger partial charge in [-0.05, 0) is 41.0 Å². The van der Waals surface area contributed by atoms with E-state index in [0.717, 1.165) is 11.1 Å². The standard InChI is InChI=1S/C19H14ClF2N3O2/c20-15-3-1-2-13(7-15)16-6-12(9-25-18(16)27-19(21)22)4-11-5-14(17(23)26)10-24-8-11/h1-3,5-10,19H,4H2,(H2,23,26). The molecule has 138 valence electrons. The number of nitrogens with zero attached hydrogens (tertiary/aromatic N) is 2. The van der Waals surface area contributed by atoms with E-state index in [4.69, 9.17) is 17.3 Å². The molecule has 1 amide bonds. The molecular formula is C19H14ClF2N3O2. The van der Waals surface area contributed by atoms with E-state index in [1.54, 1.807) is 42.6 Å². The number of aromatic nitrogens is 2. The molecule has 3 aromatic rings. The second kappa shape index (κ2) is 8.09. The summed E-state index contributed by atoms with van der Waals surface area (Å²) in [5, 5.41) is 0.458. The average molecular weight is 390 g/mol. The van der Waals surface area contributed by atoms with Crippen molar-refractivity contribution < 1.29 is 18.3 Å². The van der Waals surface area contributed by atoms with Gasteiger partial charge in [-0.25, -0.2) is 4.98 Å². The number of amides is 1. The maximum atomic E-state index is 12.7. The molecule has 0 atom stereocenters. The number of halogens is 3. The van der Waals surface area contributed by atoms with E-state index < -0.39 is 12.5 Å². The summed E-state index contributed by atoms with van der Waals surface area (Å²) in [4.78, 5) is 19.3. The van der Waals surface area contributed by atoms with Gasteiger partial charge in [0.1, 0.15) is 0 Å². The minimum absolute atomic E-state index is 0.194. The highest BCUT2D eigenvalue weighted by atomic mass is 35.5. The third-order valence-electron chi connectivity index (χ3n) is 3.73. The van der Waals surface area contributed by atoms with Crippen LogP contribution in [0.15, 0.2) is 55.0 Å². The predicted octanol–water partition coefficient (Wildman–Crippen LogP) is 4.09. The smallest absolute Gasteiger partial charge is 0.388 e. The van der Waals surface area contributed by atoms with Crippen molar-refractivity contribution in [2.45, 2.75) is 13.0 Å². The Kier molecular flexibility index (Phi) is 5.61. The number of carbonyl (C=O) groups excluding carboxylic acids is 1. The Hall–Kier alpha value is -3.06. The zero-order chi connectivity index (χ0) is 19.4. The Labute approximate surface area is 158 Å². The summed E-state index contributed by atoms with van der Waals surface area (Å²) in [6.45, 7) is -3.00. The molecule has 0 spiro atoms. The van der Waals surface area contributed by atoms with Crippen LogP contribution in [0.1, 0.15) is 21.5 Å². The first-order valence-electron chi connectivity index (χ1n) is 7.86. The number of benzene rings is 1. The number of hydrogen-bond donors (Lipinski definition) is 1. The number of alkyl halides is 2. The zero-order valence-electron chi connectivity index (χ0n) is 13.9. The summed E-state index contributed by atoms with van der Waals surface area (Å²) in [5.74, 6) is -0.775. The van der Waals surface area contributed by atoms with Crippen LogP contribution in [0.25, 0.3) is 11.1 Å². The van der Waals surface area contributed by atoms with Crippen LogP contribution in [0, 0.1) is 0 Å². The summed E-state index contributed by atoms with van der Waals surface area (Å²) < 4.78 is 30.0. The van der Waals surface area contributed by atoms with E-state index in [2.05, 4.69) is 14.7 Å². The quantitative estimate of drug-likeness (QED) is 0.688. The van der Waals surface area contributed by atoms with Gasteiger partial charge in [-0.2, -0.15) is 8.78 Å². The Morgan fingerprint density at radius 2 is 1.93 bits per heavy atom. The lowest BCUT2D eigenvalue weighted by Gasteiger charge is -2.12. The van der Waals surface area contributed by atoms with Gasteiger partial charge >= 0.3 is 6.61 Å². The number of rotatable bonds is 6. The second-order valence-electron chi connectivity index (χ2n) is 5.71. The van der Waals surface area contributed by atoms with E-state index in [1.807, 2.05) is 0 Å². The first kappa shape index (κ1) is 18.7. The lowest BCUT2D eigenvalue weighted by atomic mass is 10.0. The van der Waals surface area contributed by atoms with Crippen molar-refractivity contribution in [2.24, 2.45) is 5.73 Å². The molecular weight excluding hydrogens is 376 g/mol. The van der Waals surface area contributed by atoms with Crippen LogP contribution in [-0.2, 0) is 6.42 Å². The molecule has 5 nitrogen and oxygen atoms in total. The molecule has 0 unspecified atom stereocenters. The fourth-order valence-electron chi connectivity index (χ4n) is 2.59. The maximum absolute atomic E-state index is 12.7. The summed E-state index contributed by atoms with van der Waals surface area (Å²) in [6, 6.07) is 10.1. The van der Waals surface area contributed by atoms with E-state index in [9.17, 15) is 13.6 Å². The molecule has 1 aromatic carbocycles. The second-order valence-corrected chi connectivity index (χ2v) is 6.14. The van der Waals surface area contributed by atoms with Crippen molar-refractivity contribution in [1.29, 1.82) is 0 Å². The van der Waals surface area contributed by atoms with Crippen LogP contribution < -0.4 is 10.5 Å². The maximum Gasteiger partial charge on any atom is 0.388 e. The molecule has 0 radical (unpaired) electrons. The fourth-order valence-corrected chi connectivity index (χ4v) is 2.78. The van der Waals surface area contributed by atoms with Gasteiger partial charge in [0.2, 0.25) is 11.8 Å². The van der Waals surface area contributed by atoms with Crippen LogP contribution in [0.4, 0.5) is 8.78 Å². The molecule has 0 bridgehead atoms. The van der Waals surface area contributed by atoms with Gasteiger partial charge in [0.05, 0.1) is 5.56 Å². The molecule has 0 saturated heterocycles. The molecule has 0 fully saturated rings. The van der Waals surface area contributed by atoms with Crippen LogP contribution in [0.5, 0.6) is 5.88 Å². The van der Waals surface area contributed by atoms with Gasteiger partial charge in [-0.1, -0.05) is 23.7 Å². The van der Waals surface area contributed by atoms with Crippen molar-refractivity contribution in [1.82, 2.24) is 9.97 Å². The van der Waals surface area contributed by atoms with Gasteiger partial charge in [-0.3, -0.25) is 9.78 Å². The van der Waals surface area contributed by atoms with Gasteiger partial charge in [-0.15, -0.1) is 0 Å². The van der Waals surface area contributed by atoms with Crippen molar-refractivity contribution in [3.8, 4) is 17.0 Å². The topological polar surface area (TPSA) is 78.1 Å². The SMILES string of the molecule is NC(=O)c1cncc(Cc2cnc(OC(F)F)c(-c3cccc(Cl)c3)c2)c1. The fraction of sp³-hybridized carbons (Fsp3) is 0.105. The molecule has 27 heavy (non-hydrogen) atoms. The van der Waals surface area contributed by atoms with Crippen molar-refractivity contribution in [3.05, 3.63) is 76.7 Å². The normalized spacial score (nSPS) is 10.8. The highest BCUT2D eigenvalue weighted by Gasteiger charge is 2.15. The minimum atomic E-state index is -3.00. The van der Waals surface area contributed by atoms with Gasteiger partial charge in [0, 0.05) is 35.6 Å². The Bertz CT molecular complexity index is 983. The minimum Gasteiger partial charge on any atom is -0.416 e. The van der Waals surface area contributed by atoms with Crippen LogP contribution in [0.3, 0.4) is 0 Å². The molecule has 0 saturated carbocycles. The Morgan fingerprint density at radius 1 is 1.15 bits per heavy atom. The zero-order valence-corrected chi connectivity index (χ0v) is 14.7. The Morgan fingerprint density at radius 3 is 2.63 bits per heavy atom. The van der Waals surface area contributed by atoms with E-state index in [0.29, 0.717) is 22.6 Å². The van der Waals surface area contributed by atoms with E-state index in [-0.39, 0.29) is 11.4 Å². The van der Waals surface area contributed by atoms with Gasteiger partial charge in [0.25, 0.3) is 0 Å². The first-order chi connectivity index (χ1) is 12.9. The van der Waals surface area contributed by atoms with E-state index >= 15 is 0 Å².